The van der Waals surface area contributed by atoms with Crippen LogP contribution in [0.1, 0.15) is 18.4 Å². The van der Waals surface area contributed by atoms with E-state index in [0.29, 0.717) is 25.4 Å². The van der Waals surface area contributed by atoms with Crippen molar-refractivity contribution in [2.24, 2.45) is 0 Å². The maximum Gasteiger partial charge on any atom is 0.237 e. The minimum atomic E-state index is 0.132. The maximum absolute atomic E-state index is 13.4. The van der Waals surface area contributed by atoms with Crippen LogP contribution < -0.4 is 9.80 Å². The molecule has 0 radical (unpaired) electrons. The summed E-state index contributed by atoms with van der Waals surface area (Å²) in [4.78, 5) is 21.8. The number of nitrogens with zero attached hydrogens (tertiary/aromatic N) is 4. The number of phenols is 1. The lowest BCUT2D eigenvalue weighted by Crippen LogP contribution is -2.50. The van der Waals surface area contributed by atoms with Gasteiger partial charge in [0.2, 0.25) is 5.91 Å². The van der Waals surface area contributed by atoms with Crippen molar-refractivity contribution < 1.29 is 14.6 Å². The van der Waals surface area contributed by atoms with Gasteiger partial charge in [-0.05, 0) is 42.7 Å². The minimum absolute atomic E-state index is 0.132. The van der Waals surface area contributed by atoms with Gasteiger partial charge in [0.15, 0.2) is 0 Å². The molecule has 178 valence electrons. The van der Waals surface area contributed by atoms with E-state index in [2.05, 4.69) is 39.0 Å². The summed E-state index contributed by atoms with van der Waals surface area (Å²) in [5, 5.41) is 10.1. The van der Waals surface area contributed by atoms with Gasteiger partial charge in [0.25, 0.3) is 0 Å². The number of para-hydroxylation sites is 2. The first-order valence-electron chi connectivity index (χ1n) is 11.9. The zero-order valence-corrected chi connectivity index (χ0v) is 19.8. The molecular formula is C26H36N4O3. The number of hydrogen-bond donors (Lipinski definition) is 1. The van der Waals surface area contributed by atoms with Gasteiger partial charge >= 0.3 is 0 Å². The minimum Gasteiger partial charge on any atom is -0.506 e. The first-order valence-corrected chi connectivity index (χ1v) is 11.9. The molecule has 2 aromatic rings. The van der Waals surface area contributed by atoms with Gasteiger partial charge in [-0.3, -0.25) is 9.69 Å². The summed E-state index contributed by atoms with van der Waals surface area (Å²) in [6.45, 7) is 5.63. The second-order valence-corrected chi connectivity index (χ2v) is 9.22. The van der Waals surface area contributed by atoms with E-state index in [1.165, 1.54) is 0 Å². The Hall–Kier alpha value is -2.77. The van der Waals surface area contributed by atoms with E-state index in [1.54, 1.807) is 6.07 Å². The lowest BCUT2D eigenvalue weighted by atomic mass is 10.1. The number of ether oxygens (including phenoxy) is 1. The standard InChI is InChI=1S/C26H36N4O3/c1-27(2)22-11-9-21(10-12-22)18-30(19-23-6-5-17-33-23)26(32)20-28-13-15-29(16-14-28)24-7-3-4-8-25(24)31/h3-4,7-12,23,31H,5-6,13-20H2,1-2H3. The van der Waals surface area contributed by atoms with Crippen LogP contribution in [0, 0.1) is 0 Å². The smallest absolute Gasteiger partial charge is 0.237 e. The first kappa shape index (κ1) is 23.4. The predicted molar refractivity (Wildman–Crippen MR) is 132 cm³/mol. The number of carbonyl (C=O) groups excluding carboxylic acids is 1. The van der Waals surface area contributed by atoms with Crippen molar-refractivity contribution in [1.82, 2.24) is 9.80 Å². The molecule has 2 aromatic carbocycles. The van der Waals surface area contributed by atoms with Gasteiger partial charge in [-0.15, -0.1) is 0 Å². The summed E-state index contributed by atoms with van der Waals surface area (Å²) in [5.74, 6) is 0.461. The van der Waals surface area contributed by atoms with Crippen molar-refractivity contribution in [3.8, 4) is 5.75 Å². The van der Waals surface area contributed by atoms with Crippen molar-refractivity contribution in [2.75, 3.05) is 69.8 Å². The zero-order valence-electron chi connectivity index (χ0n) is 19.8. The second-order valence-electron chi connectivity index (χ2n) is 9.22. The van der Waals surface area contributed by atoms with Crippen LogP contribution in [0.2, 0.25) is 0 Å². The Morgan fingerprint density at radius 1 is 1.06 bits per heavy atom. The highest BCUT2D eigenvalue weighted by Crippen LogP contribution is 2.27. The van der Waals surface area contributed by atoms with E-state index in [9.17, 15) is 9.90 Å². The molecule has 2 heterocycles. The molecule has 2 fully saturated rings. The van der Waals surface area contributed by atoms with Crippen molar-refractivity contribution in [3.05, 3.63) is 54.1 Å². The van der Waals surface area contributed by atoms with Crippen LogP contribution >= 0.6 is 0 Å². The number of anilines is 2. The lowest BCUT2D eigenvalue weighted by Gasteiger charge is -2.37. The van der Waals surface area contributed by atoms with Crippen LogP contribution in [0.5, 0.6) is 5.75 Å². The van der Waals surface area contributed by atoms with E-state index in [-0.39, 0.29) is 12.0 Å². The number of hydrogen-bond acceptors (Lipinski definition) is 6. The highest BCUT2D eigenvalue weighted by Gasteiger charge is 2.26. The zero-order chi connectivity index (χ0) is 23.2. The molecule has 0 spiro atoms. The summed E-state index contributed by atoms with van der Waals surface area (Å²) >= 11 is 0. The summed E-state index contributed by atoms with van der Waals surface area (Å²) in [5.41, 5.74) is 3.15. The first-order chi connectivity index (χ1) is 16.0. The molecule has 0 bridgehead atoms. The molecule has 1 atom stereocenters. The number of rotatable bonds is 8. The molecule has 2 saturated heterocycles. The molecule has 0 aliphatic carbocycles. The predicted octanol–water partition coefficient (Wildman–Crippen LogP) is 2.79. The highest BCUT2D eigenvalue weighted by molar-refractivity contribution is 5.78. The van der Waals surface area contributed by atoms with Crippen molar-refractivity contribution in [1.29, 1.82) is 0 Å². The summed E-state index contributed by atoms with van der Waals surface area (Å²) in [6, 6.07) is 15.9. The van der Waals surface area contributed by atoms with Crippen LogP contribution in [-0.2, 0) is 16.1 Å². The number of aromatic hydroxyl groups is 1. The third-order valence-electron chi connectivity index (χ3n) is 6.58. The van der Waals surface area contributed by atoms with Gasteiger partial charge in [0.05, 0.1) is 18.3 Å². The van der Waals surface area contributed by atoms with Crippen molar-refractivity contribution in [2.45, 2.75) is 25.5 Å². The molecule has 4 rings (SSSR count). The van der Waals surface area contributed by atoms with E-state index in [0.717, 1.165) is 62.6 Å². The Balaban J connectivity index is 1.36. The average molecular weight is 453 g/mol. The number of amides is 1. The Kier molecular flexibility index (Phi) is 7.73. The number of carbonyl (C=O) groups is 1. The van der Waals surface area contributed by atoms with Crippen LogP contribution in [0.15, 0.2) is 48.5 Å². The summed E-state index contributed by atoms with van der Waals surface area (Å²) in [6.07, 6.45) is 2.22. The van der Waals surface area contributed by atoms with Gasteiger partial charge in [-0.1, -0.05) is 24.3 Å². The average Bonchev–Trinajstić information content (AvgIpc) is 3.33. The SMILES string of the molecule is CN(C)c1ccc(CN(CC2CCCO2)C(=O)CN2CCN(c3ccccc3O)CC2)cc1. The molecule has 1 amide bonds. The summed E-state index contributed by atoms with van der Waals surface area (Å²) < 4.78 is 5.84. The molecule has 0 saturated carbocycles. The number of benzene rings is 2. The third kappa shape index (κ3) is 6.18. The van der Waals surface area contributed by atoms with Gasteiger partial charge < -0.3 is 24.5 Å². The lowest BCUT2D eigenvalue weighted by molar-refractivity contribution is -0.134. The molecular weight excluding hydrogens is 416 g/mol. The largest absolute Gasteiger partial charge is 0.506 e. The quantitative estimate of drug-likeness (QED) is 0.665. The Labute approximate surface area is 197 Å². The molecule has 33 heavy (non-hydrogen) atoms. The van der Waals surface area contributed by atoms with E-state index >= 15 is 0 Å². The molecule has 1 N–H and O–H groups in total. The molecule has 0 aromatic heterocycles. The van der Waals surface area contributed by atoms with Crippen LogP contribution in [0.25, 0.3) is 0 Å². The fraction of sp³-hybridized carbons (Fsp3) is 0.500. The topological polar surface area (TPSA) is 59.5 Å². The third-order valence-corrected chi connectivity index (χ3v) is 6.58. The Morgan fingerprint density at radius 2 is 1.79 bits per heavy atom. The van der Waals surface area contributed by atoms with Gasteiger partial charge in [0.1, 0.15) is 5.75 Å². The number of piperazine rings is 1. The fourth-order valence-corrected chi connectivity index (χ4v) is 4.58. The summed E-state index contributed by atoms with van der Waals surface area (Å²) in [7, 11) is 4.06. The Morgan fingerprint density at radius 3 is 2.42 bits per heavy atom. The fourth-order valence-electron chi connectivity index (χ4n) is 4.58. The molecule has 7 heteroatoms. The monoisotopic (exact) mass is 452 g/mol. The van der Waals surface area contributed by atoms with E-state index < -0.39 is 0 Å². The van der Waals surface area contributed by atoms with Crippen molar-refractivity contribution >= 4 is 17.3 Å². The molecule has 7 nitrogen and oxygen atoms in total. The highest BCUT2D eigenvalue weighted by atomic mass is 16.5. The van der Waals surface area contributed by atoms with Crippen molar-refractivity contribution in [3.63, 3.8) is 0 Å². The maximum atomic E-state index is 13.4. The molecule has 2 aliphatic rings. The van der Waals surface area contributed by atoms with Crippen LogP contribution in [0.4, 0.5) is 11.4 Å². The van der Waals surface area contributed by atoms with E-state index in [1.807, 2.05) is 37.2 Å². The molecule has 2 aliphatic heterocycles. The normalized spacial score (nSPS) is 19.0. The van der Waals surface area contributed by atoms with E-state index in [4.69, 9.17) is 4.74 Å². The second kappa shape index (κ2) is 10.9. The molecule has 1 unspecified atom stereocenters. The van der Waals surface area contributed by atoms with Gasteiger partial charge in [-0.25, -0.2) is 0 Å². The number of phenolic OH excluding ortho intramolecular Hbond substituents is 1. The van der Waals surface area contributed by atoms with Gasteiger partial charge in [-0.2, -0.15) is 0 Å². The Bertz CT molecular complexity index is 904. The van der Waals surface area contributed by atoms with Crippen LogP contribution in [0.3, 0.4) is 0 Å². The van der Waals surface area contributed by atoms with Crippen LogP contribution in [-0.4, -0.2) is 86.9 Å². The van der Waals surface area contributed by atoms with Gasteiger partial charge in [0, 0.05) is 65.7 Å².